The van der Waals surface area contributed by atoms with Crippen LogP contribution in [-0.2, 0) is 11.3 Å². The largest absolute Gasteiger partial charge is 0.484 e. The van der Waals surface area contributed by atoms with Gasteiger partial charge in [-0.05, 0) is 25.0 Å². The molecule has 0 saturated carbocycles. The summed E-state index contributed by atoms with van der Waals surface area (Å²) in [7, 11) is 0. The third-order valence-electron chi connectivity index (χ3n) is 4.76. The molecule has 0 aliphatic carbocycles. The van der Waals surface area contributed by atoms with Crippen LogP contribution in [0.15, 0.2) is 27.8 Å². The van der Waals surface area contributed by atoms with Gasteiger partial charge in [0.15, 0.2) is 12.3 Å². The zero-order valence-electron chi connectivity index (χ0n) is 17.7. The zero-order valence-corrected chi connectivity index (χ0v) is 18.5. The average Bonchev–Trinajstić information content (AvgIpc) is 2.73. The van der Waals surface area contributed by atoms with Crippen LogP contribution in [-0.4, -0.2) is 28.6 Å². The first kappa shape index (κ1) is 24.5. The van der Waals surface area contributed by atoms with E-state index in [4.69, 9.17) is 22.1 Å². The lowest BCUT2D eigenvalue weighted by Gasteiger charge is -2.24. The Labute approximate surface area is 184 Å². The molecule has 1 amide bonds. The maximum absolute atomic E-state index is 13.3. The molecule has 2 rings (SSSR count). The first-order valence-corrected chi connectivity index (χ1v) is 10.7. The number of nitrogen functional groups attached to an aromatic ring is 1. The lowest BCUT2D eigenvalue weighted by atomic mass is 10.2. The summed E-state index contributed by atoms with van der Waals surface area (Å²) in [6.45, 7) is 4.13. The number of aromatic nitrogens is 2. The lowest BCUT2D eigenvalue weighted by molar-refractivity contribution is -0.120. The maximum atomic E-state index is 13.3. The highest BCUT2D eigenvalue weighted by atomic mass is 35.5. The number of anilines is 2. The second kappa shape index (κ2) is 11.5. The van der Waals surface area contributed by atoms with Gasteiger partial charge in [0, 0.05) is 19.2 Å². The van der Waals surface area contributed by atoms with E-state index in [9.17, 15) is 18.8 Å². The first-order valence-electron chi connectivity index (χ1n) is 10.3. The van der Waals surface area contributed by atoms with Gasteiger partial charge in [-0.2, -0.15) is 0 Å². The van der Waals surface area contributed by atoms with Gasteiger partial charge in [0.2, 0.25) is 0 Å². The molecule has 10 heteroatoms. The summed E-state index contributed by atoms with van der Waals surface area (Å²) in [6.07, 6.45) is 3.90. The van der Waals surface area contributed by atoms with Gasteiger partial charge in [-0.3, -0.25) is 19.1 Å². The second-order valence-electron chi connectivity index (χ2n) is 7.12. The third kappa shape index (κ3) is 6.33. The fourth-order valence-corrected chi connectivity index (χ4v) is 3.22. The molecule has 170 valence electrons. The fraction of sp³-hybridized carbons (Fsp3) is 0.476. The molecular weight excluding hydrogens is 427 g/mol. The van der Waals surface area contributed by atoms with Crippen molar-refractivity contribution in [3.63, 3.8) is 0 Å². The minimum atomic E-state index is -0.732. The number of carbonyl (C=O) groups excluding carboxylic acids is 1. The Kier molecular flexibility index (Phi) is 9.11. The number of nitrogens with two attached hydrogens (primary N) is 1. The van der Waals surface area contributed by atoms with Gasteiger partial charge >= 0.3 is 5.69 Å². The van der Waals surface area contributed by atoms with E-state index in [1.807, 2.05) is 13.8 Å². The first-order chi connectivity index (χ1) is 14.8. The van der Waals surface area contributed by atoms with Gasteiger partial charge in [0.1, 0.15) is 17.4 Å². The Morgan fingerprint density at radius 1 is 1.23 bits per heavy atom. The SMILES string of the molecule is CCCCCN(C(=O)COc1ccc(F)c(Cl)c1)c1c(N)n(CCCC)c(=O)[nH]c1=O. The summed E-state index contributed by atoms with van der Waals surface area (Å²) < 4.78 is 20.0. The summed E-state index contributed by atoms with van der Waals surface area (Å²) in [5.74, 6) is -0.968. The van der Waals surface area contributed by atoms with E-state index in [0.717, 1.165) is 25.3 Å². The molecular formula is C21H28ClFN4O4. The zero-order chi connectivity index (χ0) is 23.0. The van der Waals surface area contributed by atoms with Crippen molar-refractivity contribution in [3.8, 4) is 5.75 Å². The monoisotopic (exact) mass is 454 g/mol. The molecule has 1 heterocycles. The van der Waals surface area contributed by atoms with E-state index < -0.39 is 29.6 Å². The molecule has 1 aromatic carbocycles. The van der Waals surface area contributed by atoms with E-state index in [0.29, 0.717) is 19.4 Å². The van der Waals surface area contributed by atoms with Crippen LogP contribution in [0.4, 0.5) is 15.9 Å². The van der Waals surface area contributed by atoms with Crippen LogP contribution in [0, 0.1) is 5.82 Å². The van der Waals surface area contributed by atoms with Crippen LogP contribution in [0.2, 0.25) is 5.02 Å². The van der Waals surface area contributed by atoms with Crippen molar-refractivity contribution in [2.75, 3.05) is 23.8 Å². The molecule has 0 saturated heterocycles. The van der Waals surface area contributed by atoms with Crippen molar-refractivity contribution in [3.05, 3.63) is 49.9 Å². The smallest absolute Gasteiger partial charge is 0.330 e. The van der Waals surface area contributed by atoms with Crippen molar-refractivity contribution in [2.45, 2.75) is 52.5 Å². The maximum Gasteiger partial charge on any atom is 0.330 e. The molecule has 0 aliphatic rings. The van der Waals surface area contributed by atoms with Crippen molar-refractivity contribution < 1.29 is 13.9 Å². The Balaban J connectivity index is 2.34. The number of carbonyl (C=O) groups is 1. The Morgan fingerprint density at radius 2 is 1.94 bits per heavy atom. The predicted molar refractivity (Wildman–Crippen MR) is 119 cm³/mol. The van der Waals surface area contributed by atoms with Crippen LogP contribution in [0.3, 0.4) is 0 Å². The van der Waals surface area contributed by atoms with E-state index in [1.165, 1.54) is 21.6 Å². The normalized spacial score (nSPS) is 10.8. The van der Waals surface area contributed by atoms with Crippen LogP contribution < -0.4 is 26.6 Å². The minimum Gasteiger partial charge on any atom is -0.484 e. The van der Waals surface area contributed by atoms with Gasteiger partial charge < -0.3 is 15.4 Å². The molecule has 0 spiro atoms. The van der Waals surface area contributed by atoms with Crippen molar-refractivity contribution in [1.82, 2.24) is 9.55 Å². The van der Waals surface area contributed by atoms with E-state index in [2.05, 4.69) is 4.98 Å². The molecule has 0 radical (unpaired) electrons. The number of hydrogen-bond acceptors (Lipinski definition) is 5. The number of hydrogen-bond donors (Lipinski definition) is 2. The van der Waals surface area contributed by atoms with Crippen LogP contribution in [0.25, 0.3) is 0 Å². The second-order valence-corrected chi connectivity index (χ2v) is 7.52. The minimum absolute atomic E-state index is 0.0584. The quantitative estimate of drug-likeness (QED) is 0.506. The number of H-pyrrole nitrogens is 1. The number of ether oxygens (including phenoxy) is 1. The molecule has 0 atom stereocenters. The summed E-state index contributed by atoms with van der Waals surface area (Å²) in [6, 6.07) is 3.74. The summed E-state index contributed by atoms with van der Waals surface area (Å²) in [5.41, 5.74) is 4.75. The number of nitrogens with one attached hydrogen (secondary N) is 1. The predicted octanol–water partition coefficient (Wildman–Crippen LogP) is 3.31. The molecule has 3 N–H and O–H groups in total. The van der Waals surface area contributed by atoms with Gasteiger partial charge in [-0.15, -0.1) is 0 Å². The standard InChI is InChI=1S/C21H28ClFN4O4/c1-3-5-7-11-26(17(28)13-31-14-8-9-16(23)15(22)12-14)18-19(24)27(10-6-4-2)21(30)25-20(18)29/h8-9,12H,3-7,10-11,13,24H2,1-2H3,(H,25,29,30). The fourth-order valence-electron chi connectivity index (χ4n) is 3.05. The summed E-state index contributed by atoms with van der Waals surface area (Å²) in [5, 5.41) is -0.131. The molecule has 0 aliphatic heterocycles. The number of aromatic amines is 1. The van der Waals surface area contributed by atoms with Crippen LogP contribution in [0.5, 0.6) is 5.75 Å². The number of unbranched alkanes of at least 4 members (excludes halogenated alkanes) is 3. The molecule has 1 aromatic heterocycles. The highest BCUT2D eigenvalue weighted by Gasteiger charge is 2.24. The van der Waals surface area contributed by atoms with Gasteiger partial charge in [0.05, 0.1) is 5.02 Å². The molecule has 0 bridgehead atoms. The average molecular weight is 455 g/mol. The summed E-state index contributed by atoms with van der Waals surface area (Å²) in [4.78, 5) is 41.2. The van der Waals surface area contributed by atoms with E-state index in [1.54, 1.807) is 0 Å². The van der Waals surface area contributed by atoms with Crippen molar-refractivity contribution >= 4 is 29.0 Å². The highest BCUT2D eigenvalue weighted by molar-refractivity contribution is 6.30. The van der Waals surface area contributed by atoms with Gasteiger partial charge in [-0.1, -0.05) is 44.7 Å². The third-order valence-corrected chi connectivity index (χ3v) is 5.05. The Morgan fingerprint density at radius 3 is 2.58 bits per heavy atom. The molecule has 31 heavy (non-hydrogen) atoms. The number of benzene rings is 1. The Bertz CT molecular complexity index is 1020. The van der Waals surface area contributed by atoms with E-state index >= 15 is 0 Å². The molecule has 0 unspecified atom stereocenters. The molecule has 8 nitrogen and oxygen atoms in total. The van der Waals surface area contributed by atoms with Gasteiger partial charge in [-0.25, -0.2) is 9.18 Å². The molecule has 0 fully saturated rings. The Hall–Kier alpha value is -2.81. The van der Waals surface area contributed by atoms with Crippen molar-refractivity contribution in [2.24, 2.45) is 0 Å². The van der Waals surface area contributed by atoms with Crippen molar-refractivity contribution in [1.29, 1.82) is 0 Å². The van der Waals surface area contributed by atoms with E-state index in [-0.39, 0.29) is 28.8 Å². The topological polar surface area (TPSA) is 110 Å². The number of rotatable bonds is 11. The highest BCUT2D eigenvalue weighted by Crippen LogP contribution is 2.22. The molecule has 2 aromatic rings. The number of nitrogens with zero attached hydrogens (tertiary/aromatic N) is 2. The van der Waals surface area contributed by atoms with Crippen LogP contribution in [0.1, 0.15) is 46.0 Å². The van der Waals surface area contributed by atoms with Crippen LogP contribution >= 0.6 is 11.6 Å². The summed E-state index contributed by atoms with van der Waals surface area (Å²) >= 11 is 5.74. The lowest BCUT2D eigenvalue weighted by Crippen LogP contribution is -2.43. The van der Waals surface area contributed by atoms with Gasteiger partial charge in [0.25, 0.3) is 11.5 Å². The number of amides is 1. The number of halogens is 2.